The predicted octanol–water partition coefficient (Wildman–Crippen LogP) is 8.44. The summed E-state index contributed by atoms with van der Waals surface area (Å²) in [7, 11) is 1.67. The van der Waals surface area contributed by atoms with E-state index in [4.69, 9.17) is 4.74 Å². The molecule has 5 aliphatic rings. The van der Waals surface area contributed by atoms with Gasteiger partial charge in [0.1, 0.15) is 0 Å². The van der Waals surface area contributed by atoms with Crippen LogP contribution in [0.4, 0.5) is 0 Å². The first-order chi connectivity index (χ1) is 16.3. The summed E-state index contributed by atoms with van der Waals surface area (Å²) in [6, 6.07) is 0. The highest BCUT2D eigenvalue weighted by Crippen LogP contribution is 2.71. The van der Waals surface area contributed by atoms with Crippen molar-refractivity contribution in [2.75, 3.05) is 18.6 Å². The van der Waals surface area contributed by atoms with Crippen LogP contribution in [0.1, 0.15) is 105 Å². The van der Waals surface area contributed by atoms with E-state index in [1.54, 1.807) is 7.11 Å². The lowest BCUT2D eigenvalue weighted by Gasteiger charge is -2.62. The molecule has 1 heterocycles. The number of carbonyl (C=O) groups is 1. The van der Waals surface area contributed by atoms with Gasteiger partial charge < -0.3 is 4.74 Å². The van der Waals surface area contributed by atoms with Gasteiger partial charge in [0.2, 0.25) is 0 Å². The van der Waals surface area contributed by atoms with Crippen LogP contribution in [0.5, 0.6) is 0 Å². The molecule has 1 spiro atoms. The third kappa shape index (κ3) is 4.11. The van der Waals surface area contributed by atoms with Crippen molar-refractivity contribution in [3.05, 3.63) is 0 Å². The van der Waals surface area contributed by atoms with Crippen LogP contribution < -0.4 is 0 Å². The van der Waals surface area contributed by atoms with E-state index in [1.807, 2.05) is 0 Å². The molecule has 4 aliphatic carbocycles. The van der Waals surface area contributed by atoms with Crippen LogP contribution in [-0.2, 0) is 9.53 Å². The zero-order chi connectivity index (χ0) is 24.1. The molecule has 4 heteroatoms. The van der Waals surface area contributed by atoms with Crippen molar-refractivity contribution in [1.29, 1.82) is 0 Å². The van der Waals surface area contributed by atoms with E-state index in [9.17, 15) is 4.79 Å². The topological polar surface area (TPSA) is 26.3 Å². The molecular formula is C30H50O2S2. The summed E-state index contributed by atoms with van der Waals surface area (Å²) in [6.07, 6.45) is 15.9. The van der Waals surface area contributed by atoms with Crippen molar-refractivity contribution in [2.45, 2.75) is 109 Å². The quantitative estimate of drug-likeness (QED) is 0.338. The standard InChI is InChI=1S/C30H50O2S2/c1-20(2)7-6-8-21(3)24-11-12-25-23-10-9-22-13-16-29(33-17-18-34-29)19-30(22,27(31)32-5)26(23)14-15-28(24,25)4/h20-26H,6-19H2,1-5H3/t21-,22+,23+,24-,25+,26+,28-,30-/m1/s1. The normalized spacial score (nSPS) is 43.9. The van der Waals surface area contributed by atoms with E-state index in [1.165, 1.54) is 82.1 Å². The zero-order valence-corrected chi connectivity index (χ0v) is 24.2. The minimum Gasteiger partial charge on any atom is -0.469 e. The molecule has 0 aromatic rings. The summed E-state index contributed by atoms with van der Waals surface area (Å²) in [5.41, 5.74) is 0.286. The Morgan fingerprint density at radius 2 is 1.71 bits per heavy atom. The van der Waals surface area contributed by atoms with Gasteiger partial charge >= 0.3 is 5.97 Å². The molecule has 0 amide bonds. The van der Waals surface area contributed by atoms with Crippen molar-refractivity contribution < 1.29 is 9.53 Å². The van der Waals surface area contributed by atoms with E-state index in [0.717, 1.165) is 36.0 Å². The maximum Gasteiger partial charge on any atom is 0.312 e. The third-order valence-electron chi connectivity index (χ3n) is 11.7. The van der Waals surface area contributed by atoms with Gasteiger partial charge in [0.05, 0.1) is 16.6 Å². The Bertz CT molecular complexity index is 746. The molecule has 1 saturated heterocycles. The fraction of sp³-hybridized carbons (Fsp3) is 0.967. The van der Waals surface area contributed by atoms with Crippen molar-refractivity contribution in [3.8, 4) is 0 Å². The Kier molecular flexibility index (Phi) is 7.44. The van der Waals surface area contributed by atoms with Crippen molar-refractivity contribution in [2.24, 2.45) is 52.3 Å². The smallest absolute Gasteiger partial charge is 0.312 e. The molecule has 5 rings (SSSR count). The van der Waals surface area contributed by atoms with Crippen LogP contribution in [0, 0.1) is 52.3 Å². The Balaban J connectivity index is 1.39. The molecule has 0 N–H and O–H groups in total. The summed E-state index contributed by atoms with van der Waals surface area (Å²) in [6.45, 7) is 9.97. The molecule has 0 aromatic heterocycles. The SMILES string of the molecule is COC(=O)[C@]12CC3(CC[C@@H]1CC[C@H]1[C@@H]4CC[C@H]([C@H](C)CCCC(C)C)[C@@]4(C)CC[C@@H]12)SCCS3. The van der Waals surface area contributed by atoms with Gasteiger partial charge in [-0.3, -0.25) is 4.79 Å². The Morgan fingerprint density at radius 3 is 2.41 bits per heavy atom. The molecule has 2 nitrogen and oxygen atoms in total. The number of esters is 1. The lowest BCUT2D eigenvalue weighted by Crippen LogP contribution is -2.60. The first kappa shape index (κ1) is 25.8. The number of hydrogen-bond donors (Lipinski definition) is 0. The molecule has 4 saturated carbocycles. The van der Waals surface area contributed by atoms with E-state index in [0.29, 0.717) is 17.3 Å². The zero-order valence-electron chi connectivity index (χ0n) is 22.6. The first-order valence-electron chi connectivity index (χ1n) is 14.6. The maximum atomic E-state index is 13.8. The second kappa shape index (κ2) is 9.80. The fourth-order valence-electron chi connectivity index (χ4n) is 10.2. The van der Waals surface area contributed by atoms with E-state index >= 15 is 0 Å². The second-order valence-electron chi connectivity index (χ2n) is 13.5. The minimum absolute atomic E-state index is 0.166. The average Bonchev–Trinajstić information content (AvgIpc) is 3.41. The Labute approximate surface area is 218 Å². The number of hydrogen-bond acceptors (Lipinski definition) is 4. The molecule has 5 fully saturated rings. The van der Waals surface area contributed by atoms with Crippen molar-refractivity contribution in [3.63, 3.8) is 0 Å². The van der Waals surface area contributed by atoms with Crippen LogP contribution in [0.2, 0.25) is 0 Å². The van der Waals surface area contributed by atoms with Gasteiger partial charge in [-0.25, -0.2) is 0 Å². The molecule has 34 heavy (non-hydrogen) atoms. The Hall–Kier alpha value is 0.170. The van der Waals surface area contributed by atoms with Gasteiger partial charge in [-0.2, -0.15) is 0 Å². The number of methoxy groups -OCH3 is 1. The molecule has 0 unspecified atom stereocenters. The number of rotatable bonds is 6. The van der Waals surface area contributed by atoms with Crippen LogP contribution in [0.15, 0.2) is 0 Å². The van der Waals surface area contributed by atoms with Crippen molar-refractivity contribution >= 4 is 29.5 Å². The maximum absolute atomic E-state index is 13.8. The highest BCUT2D eigenvalue weighted by molar-refractivity contribution is 8.21. The van der Waals surface area contributed by atoms with Gasteiger partial charge in [-0.1, -0.05) is 47.0 Å². The summed E-state index contributed by atoms with van der Waals surface area (Å²) >= 11 is 4.35. The van der Waals surface area contributed by atoms with Crippen LogP contribution in [-0.4, -0.2) is 28.7 Å². The molecule has 194 valence electrons. The van der Waals surface area contributed by atoms with Crippen LogP contribution >= 0.6 is 23.5 Å². The Morgan fingerprint density at radius 1 is 0.941 bits per heavy atom. The lowest BCUT2D eigenvalue weighted by atomic mass is 9.44. The third-order valence-corrected chi connectivity index (χ3v) is 15.2. The van der Waals surface area contributed by atoms with E-state index < -0.39 is 0 Å². The molecular weight excluding hydrogens is 456 g/mol. The largest absolute Gasteiger partial charge is 0.469 e. The highest BCUT2D eigenvalue weighted by Gasteiger charge is 2.67. The van der Waals surface area contributed by atoms with E-state index in [2.05, 4.69) is 51.2 Å². The van der Waals surface area contributed by atoms with Crippen LogP contribution in [0.25, 0.3) is 0 Å². The van der Waals surface area contributed by atoms with Gasteiger partial charge in [0, 0.05) is 11.5 Å². The second-order valence-corrected chi connectivity index (χ2v) is 16.8. The number of carbonyl (C=O) groups excluding carboxylic acids is 1. The van der Waals surface area contributed by atoms with Gasteiger partial charge in [-0.15, -0.1) is 23.5 Å². The lowest BCUT2D eigenvalue weighted by molar-refractivity contribution is -0.183. The van der Waals surface area contributed by atoms with Crippen molar-refractivity contribution in [1.82, 2.24) is 0 Å². The molecule has 1 aliphatic heterocycles. The van der Waals surface area contributed by atoms with E-state index in [-0.39, 0.29) is 15.5 Å². The predicted molar refractivity (Wildman–Crippen MR) is 147 cm³/mol. The first-order valence-corrected chi connectivity index (χ1v) is 16.6. The van der Waals surface area contributed by atoms with Gasteiger partial charge in [0.15, 0.2) is 0 Å². The molecule has 0 radical (unpaired) electrons. The summed E-state index contributed by atoms with van der Waals surface area (Å²) in [5, 5.41) is 0. The summed E-state index contributed by atoms with van der Waals surface area (Å²) < 4.78 is 5.99. The van der Waals surface area contributed by atoms with Gasteiger partial charge in [-0.05, 0) is 105 Å². The average molecular weight is 507 g/mol. The number of ether oxygens (including phenoxy) is 1. The number of fused-ring (bicyclic) bond motifs is 5. The minimum atomic E-state index is -0.206. The summed E-state index contributed by atoms with van der Waals surface area (Å²) in [5.74, 6) is 7.94. The van der Waals surface area contributed by atoms with Gasteiger partial charge in [0.25, 0.3) is 0 Å². The highest BCUT2D eigenvalue weighted by atomic mass is 32.2. The fourth-order valence-corrected chi connectivity index (χ4v) is 13.7. The molecule has 0 aromatic carbocycles. The number of thioether (sulfide) groups is 2. The molecule has 8 atom stereocenters. The monoisotopic (exact) mass is 506 g/mol. The van der Waals surface area contributed by atoms with Crippen LogP contribution in [0.3, 0.4) is 0 Å². The summed E-state index contributed by atoms with van der Waals surface area (Å²) in [4.78, 5) is 13.8. The molecule has 0 bridgehead atoms.